The largest absolute Gasteiger partial charge is 0.444 e. The van der Waals surface area contributed by atoms with Crippen LogP contribution in [0, 0.1) is 12.7 Å². The van der Waals surface area contributed by atoms with E-state index in [9.17, 15) is 4.39 Å². The molecule has 0 radical (unpaired) electrons. The zero-order chi connectivity index (χ0) is 17.2. The number of hydrogen-bond donors (Lipinski definition) is 1. The molecule has 25 heavy (non-hydrogen) atoms. The van der Waals surface area contributed by atoms with E-state index in [0.717, 1.165) is 33.5 Å². The molecular formula is C20H16FN3O. The number of anilines is 1. The number of halogens is 1. The van der Waals surface area contributed by atoms with Crippen LogP contribution in [0.3, 0.4) is 0 Å². The molecule has 124 valence electrons. The second-order valence-electron chi connectivity index (χ2n) is 5.84. The van der Waals surface area contributed by atoms with E-state index in [1.807, 2.05) is 43.3 Å². The number of nitrogens with one attached hydrogen (secondary N) is 1. The molecule has 4 aromatic rings. The maximum atomic E-state index is 13.6. The van der Waals surface area contributed by atoms with E-state index in [2.05, 4.69) is 15.3 Å². The molecular weight excluding hydrogens is 317 g/mol. The number of rotatable bonds is 4. The van der Waals surface area contributed by atoms with Crippen molar-refractivity contribution in [3.63, 3.8) is 0 Å². The summed E-state index contributed by atoms with van der Waals surface area (Å²) in [6.07, 6.45) is 1.63. The first-order valence-electron chi connectivity index (χ1n) is 8.00. The summed E-state index contributed by atoms with van der Waals surface area (Å²) in [5, 5.41) is 4.06. The van der Waals surface area contributed by atoms with Gasteiger partial charge in [0.05, 0.1) is 17.8 Å². The molecule has 0 amide bonds. The molecule has 0 atom stereocenters. The molecule has 1 N–H and O–H groups in total. The Morgan fingerprint density at radius 1 is 1.04 bits per heavy atom. The fourth-order valence-corrected chi connectivity index (χ4v) is 2.76. The van der Waals surface area contributed by atoms with Gasteiger partial charge in [-0.15, -0.1) is 0 Å². The van der Waals surface area contributed by atoms with E-state index < -0.39 is 0 Å². The van der Waals surface area contributed by atoms with Gasteiger partial charge < -0.3 is 9.73 Å². The Hall–Kier alpha value is -3.21. The summed E-state index contributed by atoms with van der Waals surface area (Å²) in [5.41, 5.74) is 4.16. The minimum atomic E-state index is -0.283. The zero-order valence-electron chi connectivity index (χ0n) is 13.7. The van der Waals surface area contributed by atoms with Gasteiger partial charge in [0.15, 0.2) is 0 Å². The molecule has 5 heteroatoms. The van der Waals surface area contributed by atoms with Crippen molar-refractivity contribution in [3.8, 4) is 11.5 Å². The van der Waals surface area contributed by atoms with Crippen LogP contribution in [0.25, 0.3) is 22.4 Å². The number of fused-ring (bicyclic) bond motifs is 1. The van der Waals surface area contributed by atoms with Crippen molar-refractivity contribution in [1.29, 1.82) is 0 Å². The molecule has 0 aliphatic carbocycles. The highest BCUT2D eigenvalue weighted by Crippen LogP contribution is 2.25. The molecule has 0 fully saturated rings. The quantitative estimate of drug-likeness (QED) is 0.574. The highest BCUT2D eigenvalue weighted by molar-refractivity contribution is 5.91. The summed E-state index contributed by atoms with van der Waals surface area (Å²) in [6, 6.07) is 16.2. The average Bonchev–Trinajstić information content (AvgIpc) is 3.10. The molecule has 2 aromatic carbocycles. The molecule has 0 saturated heterocycles. The van der Waals surface area contributed by atoms with Crippen LogP contribution >= 0.6 is 0 Å². The van der Waals surface area contributed by atoms with Crippen molar-refractivity contribution in [2.75, 3.05) is 5.32 Å². The Morgan fingerprint density at radius 2 is 1.88 bits per heavy atom. The number of nitrogens with zero attached hydrogens (tertiary/aromatic N) is 2. The molecule has 0 spiro atoms. The van der Waals surface area contributed by atoms with Crippen LogP contribution in [-0.4, -0.2) is 9.97 Å². The third kappa shape index (κ3) is 3.21. The van der Waals surface area contributed by atoms with Crippen LogP contribution in [0.5, 0.6) is 0 Å². The molecule has 2 aromatic heterocycles. The first-order chi connectivity index (χ1) is 12.2. The van der Waals surface area contributed by atoms with Gasteiger partial charge in [-0.1, -0.05) is 18.2 Å². The van der Waals surface area contributed by atoms with Gasteiger partial charge in [-0.05, 0) is 43.3 Å². The monoisotopic (exact) mass is 333 g/mol. The van der Waals surface area contributed by atoms with Gasteiger partial charge in [-0.2, -0.15) is 0 Å². The highest BCUT2D eigenvalue weighted by atomic mass is 19.1. The van der Waals surface area contributed by atoms with Gasteiger partial charge in [0.25, 0.3) is 0 Å². The zero-order valence-corrected chi connectivity index (χ0v) is 13.7. The van der Waals surface area contributed by atoms with E-state index in [4.69, 9.17) is 4.42 Å². The van der Waals surface area contributed by atoms with Crippen molar-refractivity contribution >= 4 is 16.6 Å². The smallest absolute Gasteiger partial charge is 0.226 e. The first kappa shape index (κ1) is 15.3. The van der Waals surface area contributed by atoms with Crippen molar-refractivity contribution in [2.45, 2.75) is 13.5 Å². The van der Waals surface area contributed by atoms with Crippen molar-refractivity contribution in [2.24, 2.45) is 0 Å². The SMILES string of the molecule is Cc1cc(NCc2coc(-c3ccccc3)n2)c2cc(F)ccc2n1. The van der Waals surface area contributed by atoms with Crippen LogP contribution in [0.1, 0.15) is 11.4 Å². The lowest BCUT2D eigenvalue weighted by Crippen LogP contribution is -2.02. The predicted octanol–water partition coefficient (Wildman–Crippen LogP) is 4.95. The first-order valence-corrected chi connectivity index (χ1v) is 8.00. The van der Waals surface area contributed by atoms with E-state index in [-0.39, 0.29) is 5.82 Å². The van der Waals surface area contributed by atoms with Crippen molar-refractivity contribution in [3.05, 3.63) is 78.1 Å². The number of benzene rings is 2. The van der Waals surface area contributed by atoms with Gasteiger partial charge >= 0.3 is 0 Å². The van der Waals surface area contributed by atoms with Crippen LogP contribution in [0.2, 0.25) is 0 Å². The van der Waals surface area contributed by atoms with Gasteiger partial charge in [0, 0.05) is 22.3 Å². The maximum absolute atomic E-state index is 13.6. The average molecular weight is 333 g/mol. The van der Waals surface area contributed by atoms with E-state index in [0.29, 0.717) is 12.4 Å². The molecule has 4 nitrogen and oxygen atoms in total. The van der Waals surface area contributed by atoms with Crippen LogP contribution in [0.4, 0.5) is 10.1 Å². The minimum Gasteiger partial charge on any atom is -0.444 e. The Morgan fingerprint density at radius 3 is 2.72 bits per heavy atom. The number of hydrogen-bond acceptors (Lipinski definition) is 4. The molecule has 0 unspecified atom stereocenters. The fraction of sp³-hybridized carbons (Fsp3) is 0.100. The molecule has 0 aliphatic heterocycles. The molecule has 2 heterocycles. The lowest BCUT2D eigenvalue weighted by molar-refractivity contribution is 0.573. The lowest BCUT2D eigenvalue weighted by atomic mass is 10.1. The minimum absolute atomic E-state index is 0.283. The topological polar surface area (TPSA) is 51.0 Å². The number of oxazole rings is 1. The highest BCUT2D eigenvalue weighted by Gasteiger charge is 2.09. The Bertz CT molecular complexity index is 1030. The van der Waals surface area contributed by atoms with Crippen LogP contribution in [-0.2, 0) is 6.54 Å². The van der Waals surface area contributed by atoms with Crippen molar-refractivity contribution < 1.29 is 8.81 Å². The summed E-state index contributed by atoms with van der Waals surface area (Å²) in [6.45, 7) is 2.39. The second-order valence-corrected chi connectivity index (χ2v) is 5.84. The number of pyridine rings is 1. The van der Waals surface area contributed by atoms with E-state index >= 15 is 0 Å². The summed E-state index contributed by atoms with van der Waals surface area (Å²) < 4.78 is 19.1. The summed E-state index contributed by atoms with van der Waals surface area (Å²) in [5.74, 6) is 0.299. The molecule has 4 rings (SSSR count). The molecule has 0 saturated carbocycles. The third-order valence-electron chi connectivity index (χ3n) is 3.93. The summed E-state index contributed by atoms with van der Waals surface area (Å²) in [4.78, 5) is 8.93. The van der Waals surface area contributed by atoms with E-state index in [1.54, 1.807) is 12.3 Å². The predicted molar refractivity (Wildman–Crippen MR) is 95.7 cm³/mol. The Balaban J connectivity index is 1.59. The standard InChI is InChI=1S/C20H16FN3O/c1-13-9-19(17-10-15(21)7-8-18(17)23-13)22-11-16-12-25-20(24-16)14-5-3-2-4-6-14/h2-10,12H,11H2,1H3,(H,22,23). The van der Waals surface area contributed by atoms with Crippen molar-refractivity contribution in [1.82, 2.24) is 9.97 Å². The van der Waals surface area contributed by atoms with Crippen LogP contribution < -0.4 is 5.32 Å². The Kier molecular flexibility index (Phi) is 3.90. The van der Waals surface area contributed by atoms with Gasteiger partial charge in [0.1, 0.15) is 12.1 Å². The third-order valence-corrected chi connectivity index (χ3v) is 3.93. The maximum Gasteiger partial charge on any atom is 0.226 e. The lowest BCUT2D eigenvalue weighted by Gasteiger charge is -2.09. The van der Waals surface area contributed by atoms with Crippen LogP contribution in [0.15, 0.2) is 65.3 Å². The normalized spacial score (nSPS) is 11.0. The van der Waals surface area contributed by atoms with Gasteiger partial charge in [0.2, 0.25) is 5.89 Å². The molecule has 0 aliphatic rings. The van der Waals surface area contributed by atoms with Gasteiger partial charge in [-0.3, -0.25) is 4.98 Å². The van der Waals surface area contributed by atoms with E-state index in [1.165, 1.54) is 12.1 Å². The second kappa shape index (κ2) is 6.36. The summed E-state index contributed by atoms with van der Waals surface area (Å²) >= 11 is 0. The summed E-state index contributed by atoms with van der Waals surface area (Å²) in [7, 11) is 0. The number of aryl methyl sites for hydroxylation is 1. The fourth-order valence-electron chi connectivity index (χ4n) is 2.76. The molecule has 0 bridgehead atoms. The Labute approximate surface area is 144 Å². The van der Waals surface area contributed by atoms with Gasteiger partial charge in [-0.25, -0.2) is 9.37 Å². The number of aromatic nitrogens is 2.